The van der Waals surface area contributed by atoms with Crippen molar-refractivity contribution in [1.29, 1.82) is 0 Å². The molecule has 0 atom stereocenters. The van der Waals surface area contributed by atoms with Gasteiger partial charge in [0.05, 0.1) is 19.4 Å². The lowest BCUT2D eigenvalue weighted by Gasteiger charge is -2.11. The lowest BCUT2D eigenvalue weighted by Crippen LogP contribution is -2.25. The summed E-state index contributed by atoms with van der Waals surface area (Å²) in [6.07, 6.45) is 0.751. The third kappa shape index (κ3) is 7.79. The molecule has 4 rings (SSSR count). The van der Waals surface area contributed by atoms with Gasteiger partial charge < -0.3 is 14.6 Å². The maximum atomic E-state index is 12.7. The highest BCUT2D eigenvalue weighted by Crippen LogP contribution is 2.25. The number of thioether (sulfide) groups is 2. The summed E-state index contributed by atoms with van der Waals surface area (Å²) in [4.78, 5) is 25.2. The van der Waals surface area contributed by atoms with E-state index in [1.165, 1.54) is 28.7 Å². The number of hydrogen-bond acceptors (Lipinski definition) is 10. The molecular formula is C25H27N7O3S3. The monoisotopic (exact) mass is 569 g/mol. The summed E-state index contributed by atoms with van der Waals surface area (Å²) >= 11 is 4.21. The topological polar surface area (TPSA) is 124 Å². The minimum Gasteiger partial charge on any atom is -0.497 e. The Balaban J connectivity index is 1.41. The van der Waals surface area contributed by atoms with Crippen LogP contribution in [0, 0.1) is 0 Å². The predicted octanol–water partition coefficient (Wildman–Crippen LogP) is 4.15. The molecule has 0 fully saturated rings. The second kappa shape index (κ2) is 13.9. The number of anilines is 1. The molecule has 0 aliphatic heterocycles. The van der Waals surface area contributed by atoms with Crippen molar-refractivity contribution in [3.8, 4) is 5.75 Å². The molecule has 4 aromatic rings. The number of aryl methyl sites for hydroxylation is 1. The molecular weight excluding hydrogens is 543 g/mol. The number of amides is 2. The third-order valence-electron chi connectivity index (χ3n) is 5.27. The summed E-state index contributed by atoms with van der Waals surface area (Å²) in [6.45, 7) is 2.83. The van der Waals surface area contributed by atoms with Gasteiger partial charge in [-0.25, -0.2) is 0 Å². The lowest BCUT2D eigenvalue weighted by atomic mass is 10.1. The fraction of sp³-hybridized carbons (Fsp3) is 0.280. The van der Waals surface area contributed by atoms with Crippen LogP contribution < -0.4 is 15.4 Å². The van der Waals surface area contributed by atoms with Gasteiger partial charge in [-0.1, -0.05) is 72.1 Å². The van der Waals surface area contributed by atoms with E-state index in [1.807, 2.05) is 29.7 Å². The summed E-state index contributed by atoms with van der Waals surface area (Å²) in [5, 5.41) is 23.5. The van der Waals surface area contributed by atoms with Gasteiger partial charge in [-0.15, -0.1) is 20.4 Å². The van der Waals surface area contributed by atoms with Gasteiger partial charge in [0, 0.05) is 12.1 Å². The van der Waals surface area contributed by atoms with E-state index in [0.29, 0.717) is 34.0 Å². The number of methoxy groups -OCH3 is 1. The molecule has 13 heteroatoms. The third-order valence-corrected chi connectivity index (χ3v) is 8.09. The zero-order chi connectivity index (χ0) is 26.7. The second-order valence-electron chi connectivity index (χ2n) is 7.84. The number of ether oxygens (including phenoxy) is 1. The minimum absolute atomic E-state index is 0.136. The van der Waals surface area contributed by atoms with Crippen molar-refractivity contribution in [1.82, 2.24) is 30.3 Å². The number of nitrogens with one attached hydrogen (secondary N) is 2. The average molecular weight is 570 g/mol. The molecule has 10 nitrogen and oxygen atoms in total. The molecule has 2 aromatic carbocycles. The highest BCUT2D eigenvalue weighted by atomic mass is 32.2. The van der Waals surface area contributed by atoms with Gasteiger partial charge in [0.25, 0.3) is 5.91 Å². The van der Waals surface area contributed by atoms with Gasteiger partial charge in [-0.05, 0) is 42.0 Å². The van der Waals surface area contributed by atoms with Crippen molar-refractivity contribution in [3.05, 3.63) is 71.5 Å². The van der Waals surface area contributed by atoms with Gasteiger partial charge in [0.2, 0.25) is 11.0 Å². The van der Waals surface area contributed by atoms with Crippen molar-refractivity contribution in [3.63, 3.8) is 0 Å². The predicted molar refractivity (Wildman–Crippen MR) is 150 cm³/mol. The number of hydrogen-bond donors (Lipinski definition) is 2. The molecule has 0 unspecified atom stereocenters. The molecule has 0 radical (unpaired) electrons. The van der Waals surface area contributed by atoms with Crippen LogP contribution in [0.2, 0.25) is 0 Å². The number of benzene rings is 2. The zero-order valence-electron chi connectivity index (χ0n) is 20.9. The number of carbonyl (C=O) groups excluding carboxylic acids is 2. The first-order valence-electron chi connectivity index (χ1n) is 11.8. The van der Waals surface area contributed by atoms with E-state index in [0.717, 1.165) is 16.5 Å². The Morgan fingerprint density at radius 3 is 2.53 bits per heavy atom. The maximum absolute atomic E-state index is 12.7. The van der Waals surface area contributed by atoms with Crippen molar-refractivity contribution < 1.29 is 14.3 Å². The molecule has 0 aliphatic rings. The average Bonchev–Trinajstić information content (AvgIpc) is 3.56. The van der Waals surface area contributed by atoms with Crippen LogP contribution >= 0.6 is 34.9 Å². The Labute approximate surface area is 233 Å². The van der Waals surface area contributed by atoms with E-state index in [-0.39, 0.29) is 24.1 Å². The van der Waals surface area contributed by atoms with Crippen LogP contribution in [-0.4, -0.2) is 55.4 Å². The highest BCUT2D eigenvalue weighted by molar-refractivity contribution is 8.01. The second-order valence-corrected chi connectivity index (χ2v) is 11.3. The number of carbonyl (C=O) groups is 2. The molecule has 2 N–H and O–H groups in total. The Morgan fingerprint density at radius 1 is 1.00 bits per heavy atom. The molecule has 0 saturated carbocycles. The van der Waals surface area contributed by atoms with Crippen LogP contribution in [0.1, 0.15) is 28.7 Å². The Morgan fingerprint density at radius 2 is 1.79 bits per heavy atom. The van der Waals surface area contributed by atoms with E-state index >= 15 is 0 Å². The van der Waals surface area contributed by atoms with E-state index in [4.69, 9.17) is 4.74 Å². The fourth-order valence-electron chi connectivity index (χ4n) is 3.40. The summed E-state index contributed by atoms with van der Waals surface area (Å²) in [5.74, 6) is 1.88. The van der Waals surface area contributed by atoms with Crippen LogP contribution in [0.25, 0.3) is 0 Å². The van der Waals surface area contributed by atoms with Crippen LogP contribution in [0.4, 0.5) is 5.13 Å². The van der Waals surface area contributed by atoms with Crippen LogP contribution in [0.5, 0.6) is 5.75 Å². The molecule has 2 amide bonds. The zero-order valence-corrected chi connectivity index (χ0v) is 23.4. The smallest absolute Gasteiger partial charge is 0.251 e. The highest BCUT2D eigenvalue weighted by Gasteiger charge is 2.17. The summed E-state index contributed by atoms with van der Waals surface area (Å²) < 4.78 is 7.91. The summed E-state index contributed by atoms with van der Waals surface area (Å²) in [7, 11) is 1.58. The first-order chi connectivity index (χ1) is 18.6. The van der Waals surface area contributed by atoms with E-state index in [2.05, 4.69) is 43.2 Å². The lowest BCUT2D eigenvalue weighted by molar-refractivity contribution is -0.113. The SMILES string of the molecule is CCSc1nnc(NC(=O)CSc2nnc(CNC(=O)c3ccc(OC)cc3)n2CCc2ccccc2)s1. The first-order valence-corrected chi connectivity index (χ1v) is 14.6. The number of rotatable bonds is 13. The van der Waals surface area contributed by atoms with Crippen molar-refractivity contribution in [2.24, 2.45) is 0 Å². The quantitative estimate of drug-likeness (QED) is 0.180. The molecule has 38 heavy (non-hydrogen) atoms. The van der Waals surface area contributed by atoms with Crippen molar-refractivity contribution in [2.75, 3.05) is 23.9 Å². The largest absolute Gasteiger partial charge is 0.497 e. The molecule has 0 aliphatic carbocycles. The number of nitrogens with zero attached hydrogens (tertiary/aromatic N) is 5. The van der Waals surface area contributed by atoms with Gasteiger partial charge in [-0.3, -0.25) is 14.9 Å². The van der Waals surface area contributed by atoms with Crippen LogP contribution in [-0.2, 0) is 24.3 Å². The summed E-state index contributed by atoms with van der Waals surface area (Å²) in [6, 6.07) is 17.0. The van der Waals surface area contributed by atoms with Crippen molar-refractivity contribution in [2.45, 2.75) is 35.9 Å². The van der Waals surface area contributed by atoms with Gasteiger partial charge in [0.1, 0.15) is 5.75 Å². The van der Waals surface area contributed by atoms with E-state index in [1.54, 1.807) is 43.1 Å². The van der Waals surface area contributed by atoms with E-state index in [9.17, 15) is 9.59 Å². The fourth-order valence-corrected chi connectivity index (χ4v) is 5.85. The standard InChI is InChI=1S/C25H27N7O3S3/c1-3-36-25-31-29-23(38-25)27-21(33)16-37-24-30-28-20(32(24)14-13-17-7-5-4-6-8-17)15-26-22(34)18-9-11-19(35-2)12-10-18/h4-12H,3,13-16H2,1-2H3,(H,26,34)(H,27,29,33). The molecule has 0 bridgehead atoms. The Hall–Kier alpha value is -3.42. The number of aromatic nitrogens is 5. The van der Waals surface area contributed by atoms with Gasteiger partial charge in [0.15, 0.2) is 15.3 Å². The van der Waals surface area contributed by atoms with Gasteiger partial charge in [-0.2, -0.15) is 0 Å². The molecule has 2 heterocycles. The first kappa shape index (κ1) is 27.6. The van der Waals surface area contributed by atoms with Crippen LogP contribution in [0.3, 0.4) is 0 Å². The molecule has 0 saturated heterocycles. The Kier molecular flexibility index (Phi) is 10.1. The normalized spacial score (nSPS) is 10.8. The van der Waals surface area contributed by atoms with E-state index < -0.39 is 0 Å². The Bertz CT molecular complexity index is 1340. The van der Waals surface area contributed by atoms with Crippen molar-refractivity contribution >= 4 is 51.8 Å². The minimum atomic E-state index is -0.225. The van der Waals surface area contributed by atoms with Gasteiger partial charge >= 0.3 is 0 Å². The molecule has 198 valence electrons. The summed E-state index contributed by atoms with van der Waals surface area (Å²) in [5.41, 5.74) is 1.68. The molecule has 0 spiro atoms. The van der Waals surface area contributed by atoms with Crippen LogP contribution in [0.15, 0.2) is 64.1 Å². The molecule has 2 aromatic heterocycles. The maximum Gasteiger partial charge on any atom is 0.251 e.